The lowest BCUT2D eigenvalue weighted by Gasteiger charge is -2.18. The topological polar surface area (TPSA) is 59.0 Å². The quantitative estimate of drug-likeness (QED) is 0.747. The summed E-state index contributed by atoms with van der Waals surface area (Å²) in [4.78, 5) is 13.4. The number of anilines is 1. The first-order valence-electron chi connectivity index (χ1n) is 7.93. The highest BCUT2D eigenvalue weighted by atomic mass is 32.2. The largest absolute Gasteiger partial charge is 0.330 e. The van der Waals surface area contributed by atoms with Gasteiger partial charge in [0.1, 0.15) is 0 Å². The minimum absolute atomic E-state index is 0.0574. The Morgan fingerprint density at radius 2 is 2.09 bits per heavy atom. The van der Waals surface area contributed by atoms with E-state index in [0.29, 0.717) is 0 Å². The van der Waals surface area contributed by atoms with Gasteiger partial charge in [0.05, 0.1) is 17.4 Å². The molecule has 0 saturated heterocycles. The number of para-hydroxylation sites is 1. The molecule has 0 bridgehead atoms. The summed E-state index contributed by atoms with van der Waals surface area (Å²) >= 11 is 1.76. The van der Waals surface area contributed by atoms with Gasteiger partial charge in [0.15, 0.2) is 0 Å². The fraction of sp³-hybridized carbons (Fsp3) is 0.412. The zero-order valence-electron chi connectivity index (χ0n) is 13.9. The summed E-state index contributed by atoms with van der Waals surface area (Å²) in [6.07, 6.45) is 3.65. The average Bonchev–Trinajstić information content (AvgIpc) is 2.97. The van der Waals surface area contributed by atoms with Crippen LogP contribution in [0.2, 0.25) is 0 Å². The third-order valence-corrected chi connectivity index (χ3v) is 4.81. The second-order valence-electron chi connectivity index (χ2n) is 5.28. The predicted molar refractivity (Wildman–Crippen MR) is 95.9 cm³/mol. The molecule has 2 N–H and O–H groups in total. The Bertz CT molecular complexity index is 641. The third kappa shape index (κ3) is 4.76. The van der Waals surface area contributed by atoms with Gasteiger partial charge in [-0.05, 0) is 36.8 Å². The summed E-state index contributed by atoms with van der Waals surface area (Å²) in [5.41, 5.74) is 1.85. The van der Waals surface area contributed by atoms with Crippen molar-refractivity contribution in [3.05, 3.63) is 42.2 Å². The number of urea groups is 1. The molecule has 1 atom stereocenters. The molecule has 6 heteroatoms. The molecule has 124 valence electrons. The Labute approximate surface area is 141 Å². The maximum atomic E-state index is 12.4. The number of nitrogens with zero attached hydrogens (tertiary/aromatic N) is 2. The first kappa shape index (κ1) is 17.4. The van der Waals surface area contributed by atoms with Crippen LogP contribution in [-0.4, -0.2) is 21.6 Å². The highest BCUT2D eigenvalue weighted by molar-refractivity contribution is 7.99. The Morgan fingerprint density at radius 1 is 1.30 bits per heavy atom. The first-order chi connectivity index (χ1) is 11.2. The van der Waals surface area contributed by atoms with Gasteiger partial charge >= 0.3 is 6.03 Å². The number of benzene rings is 1. The number of thioether (sulfide) groups is 1. The molecule has 1 aromatic heterocycles. The van der Waals surface area contributed by atoms with Crippen LogP contribution < -0.4 is 10.6 Å². The molecule has 0 fully saturated rings. The maximum Gasteiger partial charge on any atom is 0.319 e. The van der Waals surface area contributed by atoms with E-state index in [9.17, 15) is 4.79 Å². The second kappa shape index (κ2) is 8.62. The Balaban J connectivity index is 2.03. The molecule has 0 aliphatic carbocycles. The molecule has 1 unspecified atom stereocenters. The number of aryl methyl sites for hydroxylation is 1. The maximum absolute atomic E-state index is 12.4. The van der Waals surface area contributed by atoms with Crippen LogP contribution in [0.5, 0.6) is 0 Å². The van der Waals surface area contributed by atoms with E-state index in [1.54, 1.807) is 22.6 Å². The molecule has 1 heterocycles. The van der Waals surface area contributed by atoms with Crippen molar-refractivity contribution < 1.29 is 4.79 Å². The smallest absolute Gasteiger partial charge is 0.319 e. The fourth-order valence-corrected chi connectivity index (χ4v) is 3.21. The lowest BCUT2D eigenvalue weighted by Crippen LogP contribution is -2.33. The molecule has 1 aromatic carbocycles. The molecule has 2 amide bonds. The van der Waals surface area contributed by atoms with Crippen LogP contribution in [0.25, 0.3) is 0 Å². The van der Waals surface area contributed by atoms with E-state index in [0.717, 1.165) is 34.9 Å². The summed E-state index contributed by atoms with van der Waals surface area (Å²) in [6.45, 7) is 4.19. The van der Waals surface area contributed by atoms with Crippen molar-refractivity contribution in [2.45, 2.75) is 37.6 Å². The van der Waals surface area contributed by atoms with Gasteiger partial charge in [-0.2, -0.15) is 5.10 Å². The van der Waals surface area contributed by atoms with Crippen LogP contribution in [0.4, 0.5) is 10.5 Å². The van der Waals surface area contributed by atoms with Crippen molar-refractivity contribution in [2.24, 2.45) is 7.05 Å². The Morgan fingerprint density at radius 3 is 2.74 bits per heavy atom. The number of amides is 2. The standard InChI is InChI=1S/C17H24N4OS/c1-4-12-23-16-9-7-6-8-14(16)20-17(22)19-13(5-2)15-10-11-18-21(15)3/h6-11,13H,4-5,12H2,1-3H3,(H2,19,20,22). The first-order valence-corrected chi connectivity index (χ1v) is 8.91. The molecule has 23 heavy (non-hydrogen) atoms. The van der Waals surface area contributed by atoms with Crippen molar-refractivity contribution in [3.8, 4) is 0 Å². The normalized spacial score (nSPS) is 12.0. The van der Waals surface area contributed by atoms with E-state index in [2.05, 4.69) is 22.7 Å². The van der Waals surface area contributed by atoms with Crippen molar-refractivity contribution in [3.63, 3.8) is 0 Å². The number of aromatic nitrogens is 2. The van der Waals surface area contributed by atoms with Crippen LogP contribution in [0.3, 0.4) is 0 Å². The highest BCUT2D eigenvalue weighted by Crippen LogP contribution is 2.27. The molecule has 0 aliphatic heterocycles. The molecule has 2 aromatic rings. The third-order valence-electron chi connectivity index (χ3n) is 3.53. The fourth-order valence-electron chi connectivity index (χ4n) is 2.34. The minimum atomic E-state index is -0.192. The van der Waals surface area contributed by atoms with Gasteiger partial charge in [0.2, 0.25) is 0 Å². The number of rotatable bonds is 7. The zero-order valence-corrected chi connectivity index (χ0v) is 14.7. The second-order valence-corrected chi connectivity index (χ2v) is 6.42. The van der Waals surface area contributed by atoms with Crippen molar-refractivity contribution in [1.82, 2.24) is 15.1 Å². The SMILES string of the molecule is CCCSc1ccccc1NC(=O)NC(CC)c1ccnn1C. The highest BCUT2D eigenvalue weighted by Gasteiger charge is 2.16. The summed E-state index contributed by atoms with van der Waals surface area (Å²) in [6, 6.07) is 9.58. The monoisotopic (exact) mass is 332 g/mol. The predicted octanol–water partition coefficient (Wildman–Crippen LogP) is 4.20. The number of carbonyl (C=O) groups is 1. The van der Waals surface area contributed by atoms with E-state index < -0.39 is 0 Å². The van der Waals surface area contributed by atoms with E-state index in [4.69, 9.17) is 0 Å². The van der Waals surface area contributed by atoms with E-state index >= 15 is 0 Å². The minimum Gasteiger partial charge on any atom is -0.330 e. The van der Waals surface area contributed by atoms with Crippen LogP contribution in [-0.2, 0) is 7.05 Å². The number of hydrogen-bond donors (Lipinski definition) is 2. The molecule has 0 aliphatic rings. The summed E-state index contributed by atoms with van der Waals surface area (Å²) in [5, 5.41) is 10.2. The number of hydrogen-bond acceptors (Lipinski definition) is 3. The summed E-state index contributed by atoms with van der Waals surface area (Å²) < 4.78 is 1.79. The van der Waals surface area contributed by atoms with E-state index in [1.807, 2.05) is 44.3 Å². The van der Waals surface area contributed by atoms with Gasteiger partial charge in [-0.1, -0.05) is 26.0 Å². The van der Waals surface area contributed by atoms with Gasteiger partial charge in [-0.3, -0.25) is 4.68 Å². The van der Waals surface area contributed by atoms with Gasteiger partial charge in [0, 0.05) is 18.1 Å². The van der Waals surface area contributed by atoms with Gasteiger partial charge in [-0.25, -0.2) is 4.79 Å². The van der Waals surface area contributed by atoms with Crippen molar-refractivity contribution >= 4 is 23.5 Å². The molecule has 2 rings (SSSR count). The van der Waals surface area contributed by atoms with Crippen LogP contribution >= 0.6 is 11.8 Å². The van der Waals surface area contributed by atoms with Crippen molar-refractivity contribution in [2.75, 3.05) is 11.1 Å². The van der Waals surface area contributed by atoms with Crippen LogP contribution in [0.15, 0.2) is 41.4 Å². The van der Waals surface area contributed by atoms with Crippen LogP contribution in [0, 0.1) is 0 Å². The zero-order chi connectivity index (χ0) is 16.7. The van der Waals surface area contributed by atoms with Gasteiger partial charge in [-0.15, -0.1) is 11.8 Å². The number of carbonyl (C=O) groups excluding carboxylic acids is 1. The molecule has 0 saturated carbocycles. The lowest BCUT2D eigenvalue weighted by atomic mass is 10.1. The Kier molecular flexibility index (Phi) is 6.52. The molecule has 0 spiro atoms. The van der Waals surface area contributed by atoms with Crippen LogP contribution in [0.1, 0.15) is 38.4 Å². The molecule has 5 nitrogen and oxygen atoms in total. The summed E-state index contributed by atoms with van der Waals surface area (Å²) in [5.74, 6) is 1.03. The average molecular weight is 332 g/mol. The van der Waals surface area contributed by atoms with Gasteiger partial charge in [0.25, 0.3) is 0 Å². The Hall–Kier alpha value is -1.95. The van der Waals surface area contributed by atoms with Gasteiger partial charge < -0.3 is 10.6 Å². The lowest BCUT2D eigenvalue weighted by molar-refractivity contribution is 0.247. The van der Waals surface area contributed by atoms with Crippen molar-refractivity contribution in [1.29, 1.82) is 0 Å². The number of nitrogens with one attached hydrogen (secondary N) is 2. The van der Waals surface area contributed by atoms with E-state index in [1.165, 1.54) is 0 Å². The molecular weight excluding hydrogens is 308 g/mol. The summed E-state index contributed by atoms with van der Waals surface area (Å²) in [7, 11) is 1.88. The van der Waals surface area contributed by atoms with E-state index in [-0.39, 0.29) is 12.1 Å². The molecule has 0 radical (unpaired) electrons. The molecular formula is C17H24N4OS.